The molecule has 0 unspecified atom stereocenters. The lowest BCUT2D eigenvalue weighted by Gasteiger charge is -2.46. The quantitative estimate of drug-likeness (QED) is 0.102. The molecular formula is C49H56O8Si. The summed E-state index contributed by atoms with van der Waals surface area (Å²) in [6.07, 6.45) is -2.43. The molecule has 58 heavy (non-hydrogen) atoms. The Labute approximate surface area is 344 Å². The first-order chi connectivity index (χ1) is 28.2. The van der Waals surface area contributed by atoms with Crippen molar-refractivity contribution in [1.29, 1.82) is 0 Å². The van der Waals surface area contributed by atoms with Gasteiger partial charge >= 0.3 is 0 Å². The topological polar surface area (TPSA) is 84.8 Å². The van der Waals surface area contributed by atoms with E-state index in [-0.39, 0.29) is 11.6 Å². The number of ether oxygens (including phenoxy) is 6. The van der Waals surface area contributed by atoms with E-state index in [2.05, 4.69) is 69.3 Å². The lowest BCUT2D eigenvalue weighted by molar-refractivity contribution is -0.332. The number of benzene rings is 5. The third-order valence-corrected chi connectivity index (χ3v) is 16.0. The molecule has 1 fully saturated rings. The van der Waals surface area contributed by atoms with Gasteiger partial charge in [0.1, 0.15) is 36.6 Å². The minimum atomic E-state index is -2.91. The molecule has 7 rings (SSSR count). The van der Waals surface area contributed by atoms with E-state index in [1.165, 1.54) is 0 Å². The second-order valence-corrected chi connectivity index (χ2v) is 20.4. The number of rotatable bonds is 16. The van der Waals surface area contributed by atoms with E-state index in [1.54, 1.807) is 12.3 Å². The third-order valence-electron chi connectivity index (χ3n) is 11.0. The van der Waals surface area contributed by atoms with Crippen LogP contribution in [0, 0.1) is 0 Å². The summed E-state index contributed by atoms with van der Waals surface area (Å²) in [7, 11) is -2.91. The molecule has 1 N–H and O–H groups in total. The first kappa shape index (κ1) is 41.7. The molecule has 2 heterocycles. The van der Waals surface area contributed by atoms with E-state index in [9.17, 15) is 5.11 Å². The van der Waals surface area contributed by atoms with Gasteiger partial charge in [-0.2, -0.15) is 0 Å². The van der Waals surface area contributed by atoms with Crippen molar-refractivity contribution in [3.05, 3.63) is 181 Å². The van der Waals surface area contributed by atoms with Crippen molar-refractivity contribution >= 4 is 18.7 Å². The van der Waals surface area contributed by atoms with Gasteiger partial charge in [-0.25, -0.2) is 0 Å². The van der Waals surface area contributed by atoms with Crippen molar-refractivity contribution in [2.45, 2.75) is 102 Å². The molecule has 0 aromatic heterocycles. The van der Waals surface area contributed by atoms with E-state index in [4.69, 9.17) is 32.8 Å². The van der Waals surface area contributed by atoms with Crippen molar-refractivity contribution in [2.75, 3.05) is 6.61 Å². The van der Waals surface area contributed by atoms with Crippen LogP contribution in [-0.2, 0) is 52.7 Å². The number of aliphatic hydroxyl groups is 1. The van der Waals surface area contributed by atoms with Crippen LogP contribution in [0.4, 0.5) is 0 Å². The van der Waals surface area contributed by atoms with E-state index in [0.717, 1.165) is 27.1 Å². The molecule has 2 aliphatic heterocycles. The molecule has 2 aliphatic rings. The van der Waals surface area contributed by atoms with Crippen molar-refractivity contribution < 1.29 is 38.0 Å². The Bertz CT molecular complexity index is 1940. The number of aliphatic hydroxyl groups excluding tert-OH is 1. The highest BCUT2D eigenvalue weighted by Gasteiger charge is 2.52. The van der Waals surface area contributed by atoms with E-state index in [0.29, 0.717) is 19.8 Å². The summed E-state index contributed by atoms with van der Waals surface area (Å²) in [5.74, 6) is 0. The summed E-state index contributed by atoms with van der Waals surface area (Å²) in [6.45, 7) is 9.80. The predicted molar refractivity (Wildman–Crippen MR) is 228 cm³/mol. The summed E-state index contributed by atoms with van der Waals surface area (Å²) in [5, 5.41) is 14.1. The molecular weight excluding hydrogens is 745 g/mol. The highest BCUT2D eigenvalue weighted by molar-refractivity contribution is 6.99. The van der Waals surface area contributed by atoms with Crippen LogP contribution in [0.1, 0.15) is 44.4 Å². The molecule has 9 heteroatoms. The molecule has 8 atom stereocenters. The van der Waals surface area contributed by atoms with Crippen LogP contribution in [0.5, 0.6) is 0 Å². The second-order valence-electron chi connectivity index (χ2n) is 16.1. The van der Waals surface area contributed by atoms with Gasteiger partial charge in [-0.1, -0.05) is 172 Å². The summed E-state index contributed by atoms with van der Waals surface area (Å²) >= 11 is 0. The fourth-order valence-electron chi connectivity index (χ4n) is 8.00. The van der Waals surface area contributed by atoms with Crippen LogP contribution in [-0.4, -0.2) is 69.0 Å². The Kier molecular flexibility index (Phi) is 14.1. The molecule has 1 saturated heterocycles. The fourth-order valence-corrected chi connectivity index (χ4v) is 12.6. The van der Waals surface area contributed by atoms with Crippen molar-refractivity contribution in [1.82, 2.24) is 0 Å². The fraction of sp³-hybridized carbons (Fsp3) is 0.347. The Hall–Kier alpha value is -4.42. The Morgan fingerprint density at radius 1 is 0.586 bits per heavy atom. The van der Waals surface area contributed by atoms with Crippen molar-refractivity contribution in [3.8, 4) is 0 Å². The molecule has 8 nitrogen and oxygen atoms in total. The largest absolute Gasteiger partial charge is 0.493 e. The average molecular weight is 801 g/mol. The van der Waals surface area contributed by atoms with Gasteiger partial charge in [0.15, 0.2) is 6.29 Å². The van der Waals surface area contributed by atoms with Crippen LogP contribution >= 0.6 is 0 Å². The van der Waals surface area contributed by atoms with Gasteiger partial charge in [0, 0.05) is 0 Å². The van der Waals surface area contributed by atoms with Crippen LogP contribution < -0.4 is 10.4 Å². The van der Waals surface area contributed by atoms with E-state index >= 15 is 0 Å². The number of hydrogen-bond donors (Lipinski definition) is 1. The maximum atomic E-state index is 12.0. The summed E-state index contributed by atoms with van der Waals surface area (Å²) in [4.78, 5) is 0. The number of hydrogen-bond acceptors (Lipinski definition) is 8. The first-order valence-electron chi connectivity index (χ1n) is 20.3. The average Bonchev–Trinajstić information content (AvgIpc) is 3.25. The van der Waals surface area contributed by atoms with Gasteiger partial charge in [0.2, 0.25) is 0 Å². The zero-order valence-electron chi connectivity index (χ0n) is 33.8. The smallest absolute Gasteiger partial charge is 0.261 e. The van der Waals surface area contributed by atoms with Crippen LogP contribution in [0.15, 0.2) is 164 Å². The first-order valence-corrected chi connectivity index (χ1v) is 22.2. The molecule has 0 radical (unpaired) electrons. The zero-order valence-corrected chi connectivity index (χ0v) is 34.8. The normalized spacial score (nSPS) is 24.9. The Morgan fingerprint density at radius 2 is 1.02 bits per heavy atom. The summed E-state index contributed by atoms with van der Waals surface area (Å²) < 4.78 is 46.9. The molecule has 0 spiro atoms. The molecule has 0 aliphatic carbocycles. The van der Waals surface area contributed by atoms with Gasteiger partial charge in [-0.05, 0) is 45.1 Å². The SMILES string of the molecule is C[C@@H]1O[C@@H](O[C@@H]2C=CO[C@H](CO[Si](c3ccccc3)(c3ccccc3)C(C)(C)C)[C@H]2O)[C@@H](OCc2ccccc2)[C@H](OCc2ccccc2)[C@@H]1OCc1ccccc1. The van der Waals surface area contributed by atoms with Crippen molar-refractivity contribution in [2.24, 2.45) is 0 Å². The Balaban J connectivity index is 1.14. The molecule has 0 amide bonds. The molecule has 5 aromatic rings. The standard InChI is InChI=1S/C49H56O8Si/c1-36-45(52-32-37-20-10-5-11-21-37)46(53-33-38-22-12-6-13-23-38)47(54-34-39-24-14-7-15-25-39)48(56-36)57-42-30-31-51-43(44(42)50)35-55-58(49(2,3)4,40-26-16-8-17-27-40)41-28-18-9-19-29-41/h5-31,36,42-48,50H,32-35H2,1-4H3/t36-,42+,43+,44-,45+,46+,47-,48-/m0/s1. The van der Waals surface area contributed by atoms with Gasteiger partial charge < -0.3 is 38.0 Å². The minimum absolute atomic E-state index is 0.146. The highest BCUT2D eigenvalue weighted by atomic mass is 28.4. The van der Waals surface area contributed by atoms with Gasteiger partial charge in [-0.15, -0.1) is 0 Å². The van der Waals surface area contributed by atoms with Gasteiger partial charge in [0.05, 0.1) is 38.8 Å². The van der Waals surface area contributed by atoms with Crippen molar-refractivity contribution in [3.63, 3.8) is 0 Å². The lowest BCUT2D eigenvalue weighted by atomic mass is 9.98. The predicted octanol–water partition coefficient (Wildman–Crippen LogP) is 7.72. The highest BCUT2D eigenvalue weighted by Crippen LogP contribution is 2.38. The maximum absolute atomic E-state index is 12.0. The Morgan fingerprint density at radius 3 is 1.48 bits per heavy atom. The summed E-state index contributed by atoms with van der Waals surface area (Å²) in [6, 6.07) is 51.0. The molecule has 0 saturated carbocycles. The van der Waals surface area contributed by atoms with Crippen LogP contribution in [0.2, 0.25) is 5.04 Å². The van der Waals surface area contributed by atoms with Crippen LogP contribution in [0.25, 0.3) is 0 Å². The van der Waals surface area contributed by atoms with Gasteiger partial charge in [-0.3, -0.25) is 0 Å². The zero-order chi connectivity index (χ0) is 40.4. The maximum Gasteiger partial charge on any atom is 0.261 e. The van der Waals surface area contributed by atoms with Crippen LogP contribution in [0.3, 0.4) is 0 Å². The van der Waals surface area contributed by atoms with Gasteiger partial charge in [0.25, 0.3) is 8.32 Å². The lowest BCUT2D eigenvalue weighted by Crippen LogP contribution is -2.67. The minimum Gasteiger partial charge on any atom is -0.493 e. The van der Waals surface area contributed by atoms with E-state index in [1.807, 2.05) is 110 Å². The molecule has 0 bridgehead atoms. The molecule has 5 aromatic carbocycles. The molecule has 304 valence electrons. The van der Waals surface area contributed by atoms with E-state index < -0.39 is 57.3 Å². The second kappa shape index (κ2) is 19.6. The summed E-state index contributed by atoms with van der Waals surface area (Å²) in [5.41, 5.74) is 3.06. The third kappa shape index (κ3) is 9.88. The monoisotopic (exact) mass is 800 g/mol.